The van der Waals surface area contributed by atoms with Crippen molar-refractivity contribution >= 4 is 0 Å². The monoisotopic (exact) mass is 374 g/mol. The molecule has 2 saturated heterocycles. The maximum Gasteiger partial charge on any atom is 0.225 e. The molecule has 3 atom stereocenters. The second kappa shape index (κ2) is 6.34. The lowest BCUT2D eigenvalue weighted by atomic mass is 9.98. The number of fused-ring (bicyclic) bond motifs is 5. The molecule has 2 bridgehead atoms. The van der Waals surface area contributed by atoms with Gasteiger partial charge < -0.3 is 14.8 Å². The predicted molar refractivity (Wildman–Crippen MR) is 105 cm³/mol. The predicted octanol–water partition coefficient (Wildman–Crippen LogP) is 3.49. The zero-order valence-corrected chi connectivity index (χ0v) is 15.5. The van der Waals surface area contributed by atoms with Crippen molar-refractivity contribution in [2.75, 3.05) is 0 Å². The van der Waals surface area contributed by atoms with E-state index in [0.29, 0.717) is 30.5 Å². The highest BCUT2D eigenvalue weighted by Crippen LogP contribution is 2.38. The Morgan fingerprint density at radius 3 is 2.75 bits per heavy atom. The fraction of sp³-hybridized carbons (Fsp3) is 0.364. The highest BCUT2D eigenvalue weighted by Gasteiger charge is 2.34. The standard InChI is InChI=1S/C22H22N4O2/c1-8-23-26(9-1)17-4-5-19-14(10-17)13-27-22-20(19)6-7-21(25-22)28-18-11-15-2-3-16(12-18)24-15/h1,4-10,15-16,18,24H,2-3,11-13H2/t15-,16+,18?. The normalized spacial score (nSPS) is 24.9. The summed E-state index contributed by atoms with van der Waals surface area (Å²) in [5.74, 6) is 1.33. The minimum absolute atomic E-state index is 0.247. The quantitative estimate of drug-likeness (QED) is 0.760. The molecular formula is C22H22N4O2. The Bertz CT molecular complexity index is 1010. The molecule has 0 saturated carbocycles. The van der Waals surface area contributed by atoms with Crippen LogP contribution in [0.2, 0.25) is 0 Å². The van der Waals surface area contributed by atoms with Crippen molar-refractivity contribution in [2.24, 2.45) is 0 Å². The molecular weight excluding hydrogens is 352 g/mol. The van der Waals surface area contributed by atoms with Gasteiger partial charge in [-0.25, -0.2) is 4.68 Å². The number of nitrogens with one attached hydrogen (secondary N) is 1. The second-order valence-electron chi connectivity index (χ2n) is 7.93. The molecule has 0 radical (unpaired) electrons. The molecule has 1 aromatic carbocycles. The highest BCUT2D eigenvalue weighted by atomic mass is 16.5. The zero-order valence-electron chi connectivity index (χ0n) is 15.5. The molecule has 5 heterocycles. The number of ether oxygens (including phenoxy) is 2. The van der Waals surface area contributed by atoms with E-state index in [1.54, 1.807) is 6.20 Å². The van der Waals surface area contributed by atoms with Crippen LogP contribution < -0.4 is 14.8 Å². The van der Waals surface area contributed by atoms with E-state index in [9.17, 15) is 0 Å². The van der Waals surface area contributed by atoms with Gasteiger partial charge in [0.25, 0.3) is 0 Å². The lowest BCUT2D eigenvalue weighted by molar-refractivity contribution is 0.130. The number of pyridine rings is 1. The third-order valence-corrected chi connectivity index (χ3v) is 6.06. The van der Waals surface area contributed by atoms with Crippen LogP contribution in [0.15, 0.2) is 48.8 Å². The fourth-order valence-corrected chi connectivity index (χ4v) is 4.75. The Kier molecular flexibility index (Phi) is 3.65. The molecule has 1 unspecified atom stereocenters. The molecule has 3 aliphatic heterocycles. The first-order valence-electron chi connectivity index (χ1n) is 10.0. The van der Waals surface area contributed by atoms with Crippen LogP contribution in [0.3, 0.4) is 0 Å². The Labute approximate surface area is 163 Å². The summed E-state index contributed by atoms with van der Waals surface area (Å²) in [6.07, 6.45) is 8.63. The topological polar surface area (TPSA) is 61.2 Å². The largest absolute Gasteiger partial charge is 0.474 e. The fourth-order valence-electron chi connectivity index (χ4n) is 4.75. The molecule has 3 aliphatic rings. The number of rotatable bonds is 3. The summed E-state index contributed by atoms with van der Waals surface area (Å²) in [5.41, 5.74) is 4.36. The molecule has 3 aromatic rings. The van der Waals surface area contributed by atoms with Crippen molar-refractivity contribution in [3.05, 3.63) is 54.4 Å². The SMILES string of the molecule is c1cnn(-c2ccc3c(c2)COc2nc(OC4C[C@H]5CC[C@@H](C4)N5)ccc2-3)c1. The van der Waals surface area contributed by atoms with Crippen molar-refractivity contribution in [3.63, 3.8) is 0 Å². The van der Waals surface area contributed by atoms with Gasteiger partial charge in [0, 0.05) is 36.1 Å². The van der Waals surface area contributed by atoms with Crippen LogP contribution in [0.4, 0.5) is 0 Å². The number of nitrogens with zero attached hydrogens (tertiary/aromatic N) is 3. The third kappa shape index (κ3) is 2.76. The number of piperidine rings is 1. The number of hydrogen-bond donors (Lipinski definition) is 1. The van der Waals surface area contributed by atoms with Crippen LogP contribution in [-0.2, 0) is 6.61 Å². The van der Waals surface area contributed by atoms with Gasteiger partial charge in [0.1, 0.15) is 12.7 Å². The summed E-state index contributed by atoms with van der Waals surface area (Å²) in [4.78, 5) is 4.67. The zero-order chi connectivity index (χ0) is 18.5. The van der Waals surface area contributed by atoms with E-state index >= 15 is 0 Å². The van der Waals surface area contributed by atoms with Gasteiger partial charge in [-0.15, -0.1) is 0 Å². The van der Waals surface area contributed by atoms with Gasteiger partial charge in [-0.1, -0.05) is 6.07 Å². The Balaban J connectivity index is 1.26. The first-order valence-corrected chi connectivity index (χ1v) is 10.0. The van der Waals surface area contributed by atoms with Gasteiger partial charge in [0.15, 0.2) is 0 Å². The molecule has 0 amide bonds. The van der Waals surface area contributed by atoms with Gasteiger partial charge in [0.05, 0.1) is 5.69 Å². The van der Waals surface area contributed by atoms with Crippen LogP contribution in [0.5, 0.6) is 11.8 Å². The summed E-state index contributed by atoms with van der Waals surface area (Å²) in [5, 5.41) is 7.95. The van der Waals surface area contributed by atoms with Crippen molar-refractivity contribution in [2.45, 2.75) is 50.5 Å². The average Bonchev–Trinajstić information content (AvgIpc) is 3.37. The summed E-state index contributed by atoms with van der Waals surface area (Å²) >= 11 is 0. The van der Waals surface area contributed by atoms with Crippen LogP contribution in [0.1, 0.15) is 31.2 Å². The van der Waals surface area contributed by atoms with Crippen LogP contribution in [0, 0.1) is 0 Å². The lowest BCUT2D eigenvalue weighted by Gasteiger charge is -2.29. The van der Waals surface area contributed by atoms with Gasteiger partial charge in [-0.2, -0.15) is 10.1 Å². The maximum atomic E-state index is 6.22. The van der Waals surface area contributed by atoms with E-state index in [1.807, 2.05) is 23.0 Å². The first kappa shape index (κ1) is 16.1. The molecule has 6 nitrogen and oxygen atoms in total. The molecule has 0 aliphatic carbocycles. The average molecular weight is 374 g/mol. The van der Waals surface area contributed by atoms with E-state index in [2.05, 4.69) is 39.7 Å². The van der Waals surface area contributed by atoms with Gasteiger partial charge in [-0.3, -0.25) is 0 Å². The Morgan fingerprint density at radius 1 is 1.07 bits per heavy atom. The van der Waals surface area contributed by atoms with Crippen molar-refractivity contribution in [3.8, 4) is 28.6 Å². The van der Waals surface area contributed by atoms with Crippen molar-refractivity contribution < 1.29 is 9.47 Å². The molecule has 2 aromatic heterocycles. The molecule has 6 heteroatoms. The number of aromatic nitrogens is 3. The Morgan fingerprint density at radius 2 is 1.93 bits per heavy atom. The smallest absolute Gasteiger partial charge is 0.225 e. The van der Waals surface area contributed by atoms with Gasteiger partial charge in [0.2, 0.25) is 11.8 Å². The molecule has 142 valence electrons. The molecule has 0 spiro atoms. The minimum Gasteiger partial charge on any atom is -0.474 e. The molecule has 6 rings (SSSR count). The second-order valence-corrected chi connectivity index (χ2v) is 7.93. The highest BCUT2D eigenvalue weighted by molar-refractivity contribution is 5.74. The summed E-state index contributed by atoms with van der Waals surface area (Å²) in [6.45, 7) is 0.505. The molecule has 2 fully saturated rings. The number of benzene rings is 1. The van der Waals surface area contributed by atoms with E-state index in [-0.39, 0.29) is 6.10 Å². The summed E-state index contributed by atoms with van der Waals surface area (Å²) in [6, 6.07) is 13.5. The summed E-state index contributed by atoms with van der Waals surface area (Å²) in [7, 11) is 0. The van der Waals surface area contributed by atoms with Crippen LogP contribution >= 0.6 is 0 Å². The van der Waals surface area contributed by atoms with Gasteiger partial charge in [-0.05, 0) is 61.1 Å². The molecule has 28 heavy (non-hydrogen) atoms. The van der Waals surface area contributed by atoms with Crippen molar-refractivity contribution in [1.29, 1.82) is 0 Å². The lowest BCUT2D eigenvalue weighted by Crippen LogP contribution is -2.42. The van der Waals surface area contributed by atoms with Gasteiger partial charge >= 0.3 is 0 Å². The van der Waals surface area contributed by atoms with E-state index in [0.717, 1.165) is 35.2 Å². The first-order chi connectivity index (χ1) is 13.8. The summed E-state index contributed by atoms with van der Waals surface area (Å²) < 4.78 is 14.0. The number of hydrogen-bond acceptors (Lipinski definition) is 5. The van der Waals surface area contributed by atoms with Crippen molar-refractivity contribution in [1.82, 2.24) is 20.1 Å². The van der Waals surface area contributed by atoms with Crippen LogP contribution in [-0.4, -0.2) is 33.0 Å². The van der Waals surface area contributed by atoms with E-state index < -0.39 is 0 Å². The van der Waals surface area contributed by atoms with Crippen LogP contribution in [0.25, 0.3) is 16.8 Å². The maximum absolute atomic E-state index is 6.22. The van der Waals surface area contributed by atoms with E-state index in [1.165, 1.54) is 12.8 Å². The van der Waals surface area contributed by atoms with E-state index in [4.69, 9.17) is 9.47 Å². The molecule has 1 N–H and O–H groups in total. The minimum atomic E-state index is 0.247. The third-order valence-electron chi connectivity index (χ3n) is 6.06. The Hall–Kier alpha value is -2.86.